The van der Waals surface area contributed by atoms with Crippen LogP contribution in [0.5, 0.6) is 0 Å². The molecule has 2 saturated carbocycles. The van der Waals surface area contributed by atoms with Crippen LogP contribution in [0.4, 0.5) is 0 Å². The van der Waals surface area contributed by atoms with E-state index in [0.29, 0.717) is 5.21 Å². The molecule has 19 heavy (non-hydrogen) atoms. The molecule has 2 rings (SSSR count). The van der Waals surface area contributed by atoms with Crippen LogP contribution in [-0.2, 0) is 0 Å². The van der Waals surface area contributed by atoms with Crippen LogP contribution < -0.4 is 0 Å². The number of hydrogen-bond acceptors (Lipinski definition) is 0. The van der Waals surface area contributed by atoms with Gasteiger partial charge in [-0.15, -0.1) is 0 Å². The second-order valence-electron chi connectivity index (χ2n) is 7.85. The van der Waals surface area contributed by atoms with Gasteiger partial charge in [0.2, 0.25) is 0 Å². The smallest absolute Gasteiger partial charge is 0.0808 e. The van der Waals surface area contributed by atoms with Gasteiger partial charge in [0.1, 0.15) is 7.28 Å². The van der Waals surface area contributed by atoms with Crippen molar-refractivity contribution in [3.8, 4) is 0 Å². The van der Waals surface area contributed by atoms with Gasteiger partial charge in [-0.05, 0) is 0 Å². The highest BCUT2D eigenvalue weighted by Crippen LogP contribution is 2.41. The van der Waals surface area contributed by atoms with Crippen LogP contribution in [0.1, 0.15) is 96.3 Å². The van der Waals surface area contributed by atoms with Crippen LogP contribution in [0.25, 0.3) is 0 Å². The molecule has 0 radical (unpaired) electrons. The van der Waals surface area contributed by atoms with Gasteiger partial charge >= 0.3 is 0 Å². The van der Waals surface area contributed by atoms with Gasteiger partial charge in [0.25, 0.3) is 0 Å². The van der Waals surface area contributed by atoms with E-state index >= 15 is 0 Å². The van der Waals surface area contributed by atoms with Crippen molar-refractivity contribution in [2.24, 2.45) is 0 Å². The van der Waals surface area contributed by atoms with Gasteiger partial charge in [0.15, 0.2) is 0 Å². The molecule has 2 aliphatic carbocycles. The largest absolute Gasteiger partial charge is 0.122 e. The summed E-state index contributed by atoms with van der Waals surface area (Å²) in [6.45, 7) is 0. The highest BCUT2D eigenvalue weighted by atomic mass is 14.2. The van der Waals surface area contributed by atoms with E-state index in [4.69, 9.17) is 0 Å². The first-order chi connectivity index (χ1) is 9.29. The fourth-order valence-electron chi connectivity index (χ4n) is 4.58. The Kier molecular flexibility index (Phi) is 6.88. The van der Waals surface area contributed by atoms with Crippen LogP contribution in [-0.4, -0.2) is 15.1 Å². The lowest BCUT2D eigenvalue weighted by Gasteiger charge is -2.34. The maximum absolute atomic E-state index is 2.62. The van der Waals surface area contributed by atoms with E-state index < -0.39 is 0 Å². The minimum Gasteiger partial charge on any atom is -0.0808 e. The first-order valence-electron chi connectivity index (χ1n) is 9.29. The Hall–Kier alpha value is 0.130. The van der Waals surface area contributed by atoms with Crippen LogP contribution in [0.3, 0.4) is 0 Å². The predicted molar refractivity (Wildman–Crippen MR) is 91.4 cm³/mol. The molecule has 0 unspecified atom stereocenters. The van der Waals surface area contributed by atoms with E-state index in [1.54, 1.807) is 7.28 Å². The summed E-state index contributed by atoms with van der Waals surface area (Å²) < 4.78 is 0. The third kappa shape index (κ3) is 5.96. The van der Waals surface area contributed by atoms with E-state index in [-0.39, 0.29) is 0 Å². The van der Waals surface area contributed by atoms with Crippen molar-refractivity contribution in [2.75, 3.05) is 0 Å². The minimum absolute atomic E-state index is 0.694. The van der Waals surface area contributed by atoms with Crippen LogP contribution >= 0.6 is 0 Å². The second-order valence-corrected chi connectivity index (χ2v) is 7.85. The maximum Gasteiger partial charge on any atom is 0.122 e. The molecule has 0 saturated heterocycles. The summed E-state index contributed by atoms with van der Waals surface area (Å²) in [5, 5.41) is 0.694. The quantitative estimate of drug-likeness (QED) is 0.623. The zero-order chi connectivity index (χ0) is 13.4. The van der Waals surface area contributed by atoms with Crippen LogP contribution in [0.15, 0.2) is 0 Å². The Bertz CT molecular complexity index is 221. The minimum atomic E-state index is 0.694. The van der Waals surface area contributed by atoms with E-state index in [0.717, 1.165) is 5.82 Å². The van der Waals surface area contributed by atoms with Gasteiger partial charge in [-0.25, -0.2) is 0 Å². The molecule has 0 heterocycles. The zero-order valence-electron chi connectivity index (χ0n) is 13.4. The summed E-state index contributed by atoms with van der Waals surface area (Å²) in [5.74, 6) is 1.06. The molecular formula is C17H34B2. The molecule has 0 amide bonds. The molecule has 0 nitrogen and oxygen atoms in total. The summed E-state index contributed by atoms with van der Waals surface area (Å²) >= 11 is 0. The molecule has 0 aromatic rings. The van der Waals surface area contributed by atoms with Gasteiger partial charge in [0.05, 0.1) is 7.85 Å². The molecule has 108 valence electrons. The Balaban J connectivity index is 1.84. The lowest BCUT2D eigenvalue weighted by atomic mass is 9.34. The average Bonchev–Trinajstić information content (AvgIpc) is 2.49. The molecule has 0 aliphatic heterocycles. The first kappa shape index (κ1) is 15.5. The molecule has 0 atom stereocenters. The Labute approximate surface area is 123 Å². The Morgan fingerprint density at radius 3 is 1.58 bits per heavy atom. The Morgan fingerprint density at radius 1 is 0.632 bits per heavy atom. The van der Waals surface area contributed by atoms with Gasteiger partial charge < -0.3 is 0 Å². The normalized spacial score (nSPS) is 27.4. The molecule has 0 aromatic heterocycles. The third-order valence-electron chi connectivity index (χ3n) is 5.82. The molecule has 0 bridgehead atoms. The number of hydrogen-bond donors (Lipinski definition) is 0. The van der Waals surface area contributed by atoms with Crippen molar-refractivity contribution >= 4 is 15.1 Å². The van der Waals surface area contributed by atoms with Gasteiger partial charge in [-0.2, -0.15) is 0 Å². The molecular weight excluding hydrogens is 226 g/mol. The first-order valence-corrected chi connectivity index (χ1v) is 9.29. The predicted octanol–water partition coefficient (Wildman–Crippen LogP) is 4.84. The second kappa shape index (κ2) is 8.42. The van der Waals surface area contributed by atoms with E-state index in [1.807, 2.05) is 0 Å². The van der Waals surface area contributed by atoms with E-state index in [2.05, 4.69) is 7.85 Å². The highest BCUT2D eigenvalue weighted by Gasteiger charge is 2.29. The Morgan fingerprint density at radius 2 is 1.05 bits per heavy atom. The molecule has 0 spiro atoms. The molecule has 2 aliphatic rings. The van der Waals surface area contributed by atoms with Gasteiger partial charge in [-0.1, -0.05) is 107 Å². The summed E-state index contributed by atoms with van der Waals surface area (Å²) in [5.41, 5.74) is 0. The highest BCUT2D eigenvalue weighted by molar-refractivity contribution is 6.55. The lowest BCUT2D eigenvalue weighted by molar-refractivity contribution is 0.467. The summed E-state index contributed by atoms with van der Waals surface area (Å²) in [4.78, 5) is 0. The fourth-order valence-corrected chi connectivity index (χ4v) is 4.58. The van der Waals surface area contributed by atoms with Crippen LogP contribution in [0, 0.1) is 0 Å². The van der Waals surface area contributed by atoms with Crippen molar-refractivity contribution in [2.45, 2.75) is 107 Å². The van der Waals surface area contributed by atoms with Gasteiger partial charge in [0, 0.05) is 0 Å². The zero-order valence-corrected chi connectivity index (χ0v) is 13.4. The van der Waals surface area contributed by atoms with E-state index in [1.165, 1.54) is 96.3 Å². The van der Waals surface area contributed by atoms with Crippen LogP contribution in [0.2, 0.25) is 11.0 Å². The summed E-state index contributed by atoms with van der Waals surface area (Å²) in [7, 11) is 4.16. The SMILES string of the molecule is BC1(BC2CCCCCCCC2)CCCCCCC1. The van der Waals surface area contributed by atoms with Crippen molar-refractivity contribution in [3.63, 3.8) is 0 Å². The molecule has 0 N–H and O–H groups in total. The fraction of sp³-hybridized carbons (Fsp3) is 1.00. The van der Waals surface area contributed by atoms with Crippen molar-refractivity contribution in [3.05, 3.63) is 0 Å². The summed E-state index contributed by atoms with van der Waals surface area (Å²) in [6, 6.07) is 0. The third-order valence-corrected chi connectivity index (χ3v) is 5.82. The van der Waals surface area contributed by atoms with Crippen molar-refractivity contribution < 1.29 is 0 Å². The topological polar surface area (TPSA) is 0 Å². The lowest BCUT2D eigenvalue weighted by Crippen LogP contribution is -2.26. The average molecular weight is 260 g/mol. The summed E-state index contributed by atoms with van der Waals surface area (Å²) in [6.07, 6.45) is 22.7. The molecule has 2 heteroatoms. The van der Waals surface area contributed by atoms with Crippen molar-refractivity contribution in [1.29, 1.82) is 0 Å². The standard InChI is InChI=1S/C17H34B2/c18-17(14-10-6-3-7-11-15-17)19-16-12-8-4-1-2-5-9-13-16/h16,19H,1-15,18H2. The molecule has 0 aromatic carbocycles. The maximum atomic E-state index is 2.62. The van der Waals surface area contributed by atoms with Gasteiger partial charge in [-0.3, -0.25) is 0 Å². The monoisotopic (exact) mass is 260 g/mol. The number of rotatable bonds is 2. The molecule has 2 fully saturated rings. The van der Waals surface area contributed by atoms with E-state index in [9.17, 15) is 0 Å². The van der Waals surface area contributed by atoms with Crippen molar-refractivity contribution in [1.82, 2.24) is 0 Å².